The van der Waals surface area contributed by atoms with E-state index in [0.29, 0.717) is 5.69 Å². The normalized spacial score (nSPS) is 16.9. The van der Waals surface area contributed by atoms with E-state index in [1.54, 1.807) is 0 Å². The molecule has 0 aliphatic heterocycles. The molecule has 1 aliphatic rings. The molecule has 0 spiro atoms. The summed E-state index contributed by atoms with van der Waals surface area (Å²) in [6, 6.07) is 0. The predicted octanol–water partition coefficient (Wildman–Crippen LogP) is 2.70. The second-order valence-electron chi connectivity index (χ2n) is 4.61. The zero-order valence-electron chi connectivity index (χ0n) is 9.82. The van der Waals surface area contributed by atoms with Crippen LogP contribution < -0.4 is 5.32 Å². The maximum atomic E-state index is 10.6. The molecular weight excluding hydrogens is 220 g/mol. The molecule has 0 radical (unpaired) electrons. The molecule has 0 atom stereocenters. The van der Waals surface area contributed by atoms with Gasteiger partial charge >= 0.3 is 5.82 Å². The largest absolute Gasteiger partial charge is 0.377 e. The Morgan fingerprint density at radius 2 is 2.24 bits per heavy atom. The van der Waals surface area contributed by atoms with Crippen molar-refractivity contribution >= 4 is 11.5 Å². The third kappa shape index (κ3) is 3.18. The van der Waals surface area contributed by atoms with E-state index in [0.717, 1.165) is 18.9 Å². The first-order chi connectivity index (χ1) is 8.27. The van der Waals surface area contributed by atoms with Crippen LogP contribution in [0.15, 0.2) is 6.20 Å². The van der Waals surface area contributed by atoms with Gasteiger partial charge in [0, 0.05) is 6.54 Å². The van der Waals surface area contributed by atoms with Crippen LogP contribution in [0.2, 0.25) is 0 Å². The van der Waals surface area contributed by atoms with Gasteiger partial charge in [0.2, 0.25) is 0 Å². The molecule has 0 aromatic carbocycles. The number of aromatic amines is 1. The minimum Gasteiger partial charge on any atom is -0.377 e. The number of nitrogens with one attached hydrogen (secondary N) is 2. The lowest BCUT2D eigenvalue weighted by Crippen LogP contribution is -2.12. The van der Waals surface area contributed by atoms with E-state index in [4.69, 9.17) is 0 Å². The highest BCUT2D eigenvalue weighted by molar-refractivity contribution is 5.55. The molecule has 1 aliphatic carbocycles. The minimum absolute atomic E-state index is 0.0476. The molecule has 0 saturated heterocycles. The van der Waals surface area contributed by atoms with Crippen LogP contribution in [0.1, 0.15) is 38.5 Å². The molecule has 94 valence electrons. The van der Waals surface area contributed by atoms with Gasteiger partial charge in [0.05, 0.1) is 0 Å². The van der Waals surface area contributed by atoms with Crippen molar-refractivity contribution in [1.82, 2.24) is 10.2 Å². The molecule has 17 heavy (non-hydrogen) atoms. The number of hydrogen-bond donors (Lipinski definition) is 2. The fourth-order valence-electron chi connectivity index (χ4n) is 2.43. The summed E-state index contributed by atoms with van der Waals surface area (Å²) in [7, 11) is 0. The summed E-state index contributed by atoms with van der Waals surface area (Å²) in [6.07, 6.45) is 9.18. The third-order valence-electron chi connectivity index (χ3n) is 3.39. The van der Waals surface area contributed by atoms with Crippen LogP contribution >= 0.6 is 0 Å². The van der Waals surface area contributed by atoms with Gasteiger partial charge in [-0.3, -0.25) is 0 Å². The summed E-state index contributed by atoms with van der Waals surface area (Å²) in [5.74, 6) is 0.732. The van der Waals surface area contributed by atoms with Crippen LogP contribution in [0.4, 0.5) is 11.5 Å². The molecule has 1 heterocycles. The van der Waals surface area contributed by atoms with Gasteiger partial charge in [0.1, 0.15) is 6.20 Å². The van der Waals surface area contributed by atoms with Gasteiger partial charge in [-0.2, -0.15) is 0 Å². The van der Waals surface area contributed by atoms with Crippen molar-refractivity contribution in [3.63, 3.8) is 0 Å². The first-order valence-electron chi connectivity index (χ1n) is 6.19. The highest BCUT2D eigenvalue weighted by Gasteiger charge is 2.16. The van der Waals surface area contributed by atoms with E-state index >= 15 is 0 Å². The summed E-state index contributed by atoms with van der Waals surface area (Å²) in [5, 5.41) is 19.8. The van der Waals surface area contributed by atoms with Gasteiger partial charge in [-0.15, -0.1) is 5.10 Å². The smallest absolute Gasteiger partial charge is 0.366 e. The lowest BCUT2D eigenvalue weighted by Gasteiger charge is -2.21. The van der Waals surface area contributed by atoms with E-state index in [9.17, 15) is 10.1 Å². The van der Waals surface area contributed by atoms with Crippen molar-refractivity contribution in [2.24, 2.45) is 5.92 Å². The highest BCUT2D eigenvalue weighted by Crippen LogP contribution is 2.26. The second kappa shape index (κ2) is 5.65. The molecule has 0 amide bonds. The lowest BCUT2D eigenvalue weighted by atomic mass is 9.87. The Kier molecular flexibility index (Phi) is 3.95. The molecule has 2 N–H and O–H groups in total. The molecule has 0 unspecified atom stereocenters. The molecule has 1 saturated carbocycles. The summed E-state index contributed by atoms with van der Waals surface area (Å²) in [5.41, 5.74) is 0.491. The summed E-state index contributed by atoms with van der Waals surface area (Å²) < 4.78 is 0. The Morgan fingerprint density at radius 3 is 2.94 bits per heavy atom. The first-order valence-corrected chi connectivity index (χ1v) is 6.19. The fourth-order valence-corrected chi connectivity index (χ4v) is 2.43. The summed E-state index contributed by atoms with van der Waals surface area (Å²) in [6.45, 7) is 0.783. The monoisotopic (exact) mass is 238 g/mol. The lowest BCUT2D eigenvalue weighted by molar-refractivity contribution is -0.388. The Hall–Kier alpha value is -1.59. The van der Waals surface area contributed by atoms with E-state index in [1.165, 1.54) is 38.3 Å². The number of anilines is 1. The van der Waals surface area contributed by atoms with Crippen molar-refractivity contribution < 1.29 is 4.92 Å². The molecule has 1 aromatic rings. The van der Waals surface area contributed by atoms with E-state index in [-0.39, 0.29) is 5.82 Å². The highest BCUT2D eigenvalue weighted by atomic mass is 16.6. The van der Waals surface area contributed by atoms with Crippen molar-refractivity contribution in [2.45, 2.75) is 38.5 Å². The Morgan fingerprint density at radius 1 is 1.47 bits per heavy atom. The van der Waals surface area contributed by atoms with Crippen LogP contribution in [0, 0.1) is 16.0 Å². The number of hydrogen-bond acceptors (Lipinski definition) is 4. The Labute approximate surface area is 99.9 Å². The van der Waals surface area contributed by atoms with Crippen LogP contribution in [0.5, 0.6) is 0 Å². The molecule has 6 heteroatoms. The van der Waals surface area contributed by atoms with Gasteiger partial charge in [0.25, 0.3) is 0 Å². The quantitative estimate of drug-likeness (QED) is 0.610. The molecular formula is C11H18N4O2. The van der Waals surface area contributed by atoms with E-state index < -0.39 is 4.92 Å². The van der Waals surface area contributed by atoms with E-state index in [1.807, 2.05) is 0 Å². The zero-order valence-corrected chi connectivity index (χ0v) is 9.82. The second-order valence-corrected chi connectivity index (χ2v) is 4.61. The topological polar surface area (TPSA) is 83.8 Å². The number of nitro groups is 1. The Balaban J connectivity index is 1.77. The fraction of sp³-hybridized carbons (Fsp3) is 0.727. The molecule has 1 aromatic heterocycles. The number of nitrogens with zero attached hydrogens (tertiary/aromatic N) is 2. The number of aromatic nitrogens is 2. The predicted molar refractivity (Wildman–Crippen MR) is 64.9 cm³/mol. The zero-order chi connectivity index (χ0) is 12.1. The molecule has 2 rings (SSSR count). The van der Waals surface area contributed by atoms with Gasteiger partial charge in [-0.1, -0.05) is 37.2 Å². The van der Waals surface area contributed by atoms with Crippen LogP contribution in [0.25, 0.3) is 0 Å². The van der Waals surface area contributed by atoms with Crippen molar-refractivity contribution in [3.8, 4) is 0 Å². The maximum Gasteiger partial charge on any atom is 0.366 e. The molecule has 1 fully saturated rings. The maximum absolute atomic E-state index is 10.6. The van der Waals surface area contributed by atoms with Crippen LogP contribution in [-0.4, -0.2) is 21.7 Å². The van der Waals surface area contributed by atoms with Gasteiger partial charge in [-0.05, 0) is 17.3 Å². The molecule has 0 bridgehead atoms. The van der Waals surface area contributed by atoms with Crippen molar-refractivity contribution in [3.05, 3.63) is 16.3 Å². The van der Waals surface area contributed by atoms with E-state index in [2.05, 4.69) is 15.5 Å². The molecule has 6 nitrogen and oxygen atoms in total. The Bertz CT molecular complexity index is 371. The van der Waals surface area contributed by atoms with Gasteiger partial charge in [-0.25, -0.2) is 0 Å². The summed E-state index contributed by atoms with van der Waals surface area (Å²) in [4.78, 5) is 10.2. The minimum atomic E-state index is -0.448. The first kappa shape index (κ1) is 11.9. The van der Waals surface area contributed by atoms with Crippen LogP contribution in [0.3, 0.4) is 0 Å². The van der Waals surface area contributed by atoms with Crippen molar-refractivity contribution in [2.75, 3.05) is 11.9 Å². The van der Waals surface area contributed by atoms with Crippen molar-refractivity contribution in [1.29, 1.82) is 0 Å². The summed E-state index contributed by atoms with van der Waals surface area (Å²) >= 11 is 0. The number of H-pyrrole nitrogens is 1. The average Bonchev–Trinajstić information content (AvgIpc) is 2.79. The SMILES string of the molecule is O=[N+]([O-])c1[nH]ncc1NCCC1CCCCC1. The van der Waals surface area contributed by atoms with Gasteiger partial charge in [0.15, 0.2) is 5.69 Å². The van der Waals surface area contributed by atoms with Crippen LogP contribution in [-0.2, 0) is 0 Å². The number of rotatable bonds is 5. The average molecular weight is 238 g/mol. The van der Waals surface area contributed by atoms with Gasteiger partial charge < -0.3 is 15.4 Å². The standard InChI is InChI=1S/C11H18N4O2/c16-15(17)11-10(8-13-14-11)12-7-6-9-4-2-1-3-5-9/h8-9,12H,1-7H2,(H,13,14). The third-order valence-corrected chi connectivity index (χ3v) is 3.39.